The Labute approximate surface area is 129 Å². The second-order valence-electron chi connectivity index (χ2n) is 5.71. The Bertz CT molecular complexity index is 605. The van der Waals surface area contributed by atoms with Crippen LogP contribution in [-0.2, 0) is 4.74 Å². The fourth-order valence-electron chi connectivity index (χ4n) is 2.42. The van der Waals surface area contributed by atoms with Crippen LogP contribution < -0.4 is 0 Å². The summed E-state index contributed by atoms with van der Waals surface area (Å²) in [5.41, 5.74) is -2.73. The van der Waals surface area contributed by atoms with Crippen LogP contribution in [0.5, 0.6) is 0 Å². The largest absolute Gasteiger partial charge is 0.449 e. The van der Waals surface area contributed by atoms with Gasteiger partial charge in [0.1, 0.15) is 11.9 Å². The summed E-state index contributed by atoms with van der Waals surface area (Å²) in [7, 11) is 0. The molecule has 1 aromatic rings. The molecule has 120 valence electrons. The second-order valence-corrected chi connectivity index (χ2v) is 6.02. The van der Waals surface area contributed by atoms with Crippen molar-refractivity contribution in [1.29, 1.82) is 0 Å². The topological polar surface area (TPSA) is 26.3 Å². The number of hydrogen-bond acceptors (Lipinski definition) is 2. The molecule has 0 bridgehead atoms. The fraction of sp³-hybridized carbons (Fsp3) is 0.400. The van der Waals surface area contributed by atoms with Crippen LogP contribution in [0.4, 0.5) is 22.4 Å². The van der Waals surface area contributed by atoms with E-state index in [1.165, 1.54) is 0 Å². The highest BCUT2D eigenvalue weighted by molar-refractivity contribution is 6.61. The number of rotatable bonds is 3. The van der Waals surface area contributed by atoms with Gasteiger partial charge in [0.2, 0.25) is 0 Å². The molecule has 2 nitrogen and oxygen atoms in total. The lowest BCUT2D eigenvalue weighted by atomic mass is 10.0. The molecule has 1 fully saturated rings. The highest BCUT2D eigenvalue weighted by Gasteiger charge is 2.60. The Morgan fingerprint density at radius 3 is 2.27 bits per heavy atom. The first-order valence-corrected chi connectivity index (χ1v) is 6.82. The van der Waals surface area contributed by atoms with E-state index >= 15 is 0 Å². The quantitative estimate of drug-likeness (QED) is 0.562. The molecular formula is C15H13ClF4O2. The van der Waals surface area contributed by atoms with Crippen molar-refractivity contribution in [2.45, 2.75) is 26.1 Å². The summed E-state index contributed by atoms with van der Waals surface area (Å²) in [6, 6.07) is 4.05. The first-order chi connectivity index (χ1) is 10.0. The summed E-state index contributed by atoms with van der Waals surface area (Å²) in [5, 5.41) is 0. The normalized spacial score (nSPS) is 24.0. The van der Waals surface area contributed by atoms with Gasteiger partial charge in [-0.15, -0.1) is 0 Å². The van der Waals surface area contributed by atoms with Crippen molar-refractivity contribution >= 4 is 22.6 Å². The van der Waals surface area contributed by atoms with Crippen molar-refractivity contribution in [3.05, 3.63) is 41.7 Å². The van der Waals surface area contributed by atoms with E-state index in [9.17, 15) is 22.4 Å². The molecule has 0 saturated heterocycles. The highest BCUT2D eigenvalue weighted by Crippen LogP contribution is 2.56. The van der Waals surface area contributed by atoms with Crippen LogP contribution >= 0.6 is 11.6 Å². The first-order valence-electron chi connectivity index (χ1n) is 6.44. The van der Waals surface area contributed by atoms with Gasteiger partial charge in [-0.05, 0) is 17.7 Å². The van der Waals surface area contributed by atoms with Crippen molar-refractivity contribution in [2.75, 3.05) is 0 Å². The lowest BCUT2D eigenvalue weighted by molar-refractivity contribution is -0.0691. The smallest absolute Gasteiger partial charge is 0.416 e. The van der Waals surface area contributed by atoms with Gasteiger partial charge >= 0.3 is 11.6 Å². The Balaban J connectivity index is 2.35. The summed E-state index contributed by atoms with van der Waals surface area (Å²) in [6.45, 7) is 3.36. The van der Waals surface area contributed by atoms with Crippen molar-refractivity contribution in [3.8, 4) is 0 Å². The molecule has 0 amide bonds. The number of allylic oxidation sites excluding steroid dienone is 1. The monoisotopic (exact) mass is 336 g/mol. The Hall–Kier alpha value is -1.56. The van der Waals surface area contributed by atoms with Gasteiger partial charge in [0, 0.05) is 22.9 Å². The molecule has 1 aliphatic rings. The van der Waals surface area contributed by atoms with Gasteiger partial charge in [0.25, 0.3) is 0 Å². The molecule has 1 aromatic carbocycles. The molecule has 0 N–H and O–H groups in total. The van der Waals surface area contributed by atoms with E-state index in [0.29, 0.717) is 0 Å². The van der Waals surface area contributed by atoms with E-state index in [1.807, 2.05) is 0 Å². The first kappa shape index (κ1) is 16.8. The summed E-state index contributed by atoms with van der Waals surface area (Å²) >= 11 is 5.12. The zero-order valence-corrected chi connectivity index (χ0v) is 12.5. The number of hydrogen-bond donors (Lipinski definition) is 0. The molecule has 22 heavy (non-hydrogen) atoms. The van der Waals surface area contributed by atoms with Crippen molar-refractivity contribution < 1.29 is 27.1 Å². The summed E-state index contributed by atoms with van der Waals surface area (Å²) in [4.78, 5) is 10.8. The average molecular weight is 337 g/mol. The van der Waals surface area contributed by atoms with Gasteiger partial charge in [-0.3, -0.25) is 0 Å². The molecule has 0 radical (unpaired) electrons. The number of alkyl halides is 3. The average Bonchev–Trinajstić information content (AvgIpc) is 2.86. The third kappa shape index (κ3) is 3.43. The lowest BCUT2D eigenvalue weighted by Crippen LogP contribution is -2.11. The zero-order chi connectivity index (χ0) is 16.7. The van der Waals surface area contributed by atoms with Gasteiger partial charge in [0.05, 0.1) is 5.57 Å². The maximum atomic E-state index is 13.2. The maximum absolute atomic E-state index is 13.2. The summed E-state index contributed by atoms with van der Waals surface area (Å²) in [5.74, 6) is -1.23. The Kier molecular flexibility index (Phi) is 4.26. The third-order valence-electron chi connectivity index (χ3n) is 3.84. The third-order valence-corrected chi connectivity index (χ3v) is 3.93. The summed E-state index contributed by atoms with van der Waals surface area (Å²) in [6.07, 6.45) is -4.31. The minimum absolute atomic E-state index is 0.146. The number of halogens is 5. The van der Waals surface area contributed by atoms with E-state index < -0.39 is 40.4 Å². The van der Waals surface area contributed by atoms with E-state index in [0.717, 1.165) is 30.3 Å². The fourth-order valence-corrected chi connectivity index (χ4v) is 2.52. The predicted molar refractivity (Wildman–Crippen MR) is 73.8 cm³/mol. The van der Waals surface area contributed by atoms with Crippen LogP contribution in [0.25, 0.3) is 5.57 Å². The van der Waals surface area contributed by atoms with Crippen LogP contribution in [0.1, 0.15) is 19.4 Å². The number of carbonyl (C=O) groups excluding carboxylic acids is 1. The SMILES string of the molecule is CC1(C)C(C=C(c2ccc(F)cc2)C(F)(F)F)C1OC(=O)Cl. The van der Waals surface area contributed by atoms with Crippen molar-refractivity contribution in [2.24, 2.45) is 11.3 Å². The Morgan fingerprint density at radius 2 is 1.82 bits per heavy atom. The van der Waals surface area contributed by atoms with Gasteiger partial charge in [-0.25, -0.2) is 9.18 Å². The van der Waals surface area contributed by atoms with E-state index in [4.69, 9.17) is 16.3 Å². The molecule has 0 aliphatic heterocycles. The van der Waals surface area contributed by atoms with Gasteiger partial charge in [0.15, 0.2) is 0 Å². The molecule has 0 spiro atoms. The lowest BCUT2D eigenvalue weighted by Gasteiger charge is -2.12. The molecule has 2 rings (SSSR count). The summed E-state index contributed by atoms with van der Waals surface area (Å²) < 4.78 is 57.4. The molecule has 7 heteroatoms. The molecular weight excluding hydrogens is 324 g/mol. The van der Waals surface area contributed by atoms with E-state index in [2.05, 4.69) is 0 Å². The number of carbonyl (C=O) groups is 1. The minimum atomic E-state index is -4.61. The van der Waals surface area contributed by atoms with E-state index in [1.54, 1.807) is 13.8 Å². The zero-order valence-electron chi connectivity index (χ0n) is 11.7. The molecule has 0 aromatic heterocycles. The van der Waals surface area contributed by atoms with Crippen LogP contribution in [0.2, 0.25) is 0 Å². The maximum Gasteiger partial charge on any atom is 0.416 e. The number of ether oxygens (including phenoxy) is 1. The van der Waals surface area contributed by atoms with Crippen LogP contribution in [-0.4, -0.2) is 17.7 Å². The van der Waals surface area contributed by atoms with Gasteiger partial charge in [-0.2, -0.15) is 13.2 Å². The molecule has 2 atom stereocenters. The van der Waals surface area contributed by atoms with Crippen LogP contribution in [0.3, 0.4) is 0 Å². The second kappa shape index (κ2) is 5.57. The Morgan fingerprint density at radius 1 is 1.27 bits per heavy atom. The minimum Gasteiger partial charge on any atom is -0.449 e. The standard InChI is InChI=1S/C15H13ClF4O2/c1-14(2)11(12(14)22-13(16)21)7-10(15(18,19)20)8-3-5-9(17)6-4-8/h3-7,11-12H,1-2H3. The molecule has 0 heterocycles. The van der Waals surface area contributed by atoms with Gasteiger partial charge < -0.3 is 4.74 Å². The highest BCUT2D eigenvalue weighted by atomic mass is 35.5. The van der Waals surface area contributed by atoms with Gasteiger partial charge in [-0.1, -0.05) is 32.1 Å². The molecule has 1 saturated carbocycles. The van der Waals surface area contributed by atoms with Crippen LogP contribution in [0, 0.1) is 17.2 Å². The number of benzene rings is 1. The molecule has 1 aliphatic carbocycles. The van der Waals surface area contributed by atoms with Crippen molar-refractivity contribution in [1.82, 2.24) is 0 Å². The van der Waals surface area contributed by atoms with Crippen molar-refractivity contribution in [3.63, 3.8) is 0 Å². The van der Waals surface area contributed by atoms with E-state index in [-0.39, 0.29) is 5.56 Å². The van der Waals surface area contributed by atoms with Crippen LogP contribution in [0.15, 0.2) is 30.3 Å². The predicted octanol–water partition coefficient (Wildman–Crippen LogP) is 5.17. The molecule has 2 unspecified atom stereocenters.